The third-order valence-electron chi connectivity index (χ3n) is 2.94. The van der Waals surface area contributed by atoms with Gasteiger partial charge in [0.05, 0.1) is 28.8 Å². The highest BCUT2D eigenvalue weighted by molar-refractivity contribution is 7.85. The molecule has 1 heterocycles. The van der Waals surface area contributed by atoms with E-state index in [0.29, 0.717) is 11.9 Å². The van der Waals surface area contributed by atoms with Crippen LogP contribution >= 0.6 is 0 Å². The lowest BCUT2D eigenvalue weighted by Crippen LogP contribution is -2.17. The molecule has 16 heavy (non-hydrogen) atoms. The van der Waals surface area contributed by atoms with Crippen molar-refractivity contribution < 1.29 is 8.95 Å². The van der Waals surface area contributed by atoms with Gasteiger partial charge in [-0.25, -0.2) is 0 Å². The van der Waals surface area contributed by atoms with Crippen molar-refractivity contribution in [2.45, 2.75) is 43.8 Å². The first-order valence-electron chi connectivity index (χ1n) is 5.75. The van der Waals surface area contributed by atoms with Crippen LogP contribution < -0.4 is 0 Å². The van der Waals surface area contributed by atoms with Crippen LogP contribution in [-0.4, -0.2) is 22.2 Å². The highest BCUT2D eigenvalue weighted by Crippen LogP contribution is 2.21. The van der Waals surface area contributed by atoms with Crippen molar-refractivity contribution in [1.29, 1.82) is 0 Å². The quantitative estimate of drug-likeness (QED) is 0.809. The van der Waals surface area contributed by atoms with E-state index in [-0.39, 0.29) is 6.10 Å². The maximum Gasteiger partial charge on any atom is 0.0698 e. The molecule has 1 aromatic carbocycles. The molecular formula is C13H18O2S. The minimum Gasteiger partial charge on any atom is -0.374 e. The summed E-state index contributed by atoms with van der Waals surface area (Å²) < 4.78 is 17.7. The molecular weight excluding hydrogens is 220 g/mol. The molecule has 0 radical (unpaired) electrons. The van der Waals surface area contributed by atoms with Gasteiger partial charge in [0.2, 0.25) is 0 Å². The van der Waals surface area contributed by atoms with Gasteiger partial charge in [-0.05, 0) is 38.8 Å². The topological polar surface area (TPSA) is 26.3 Å². The second-order valence-corrected chi connectivity index (χ2v) is 5.97. The lowest BCUT2D eigenvalue weighted by Gasteiger charge is -2.10. The Kier molecular flexibility index (Phi) is 3.77. The van der Waals surface area contributed by atoms with Crippen molar-refractivity contribution in [3.05, 3.63) is 29.8 Å². The first-order chi connectivity index (χ1) is 7.65. The third kappa shape index (κ3) is 2.92. The van der Waals surface area contributed by atoms with E-state index in [9.17, 15) is 4.21 Å². The fraction of sp³-hybridized carbons (Fsp3) is 0.538. The Morgan fingerprint density at radius 3 is 2.56 bits per heavy atom. The molecule has 2 nitrogen and oxygen atoms in total. The molecule has 0 aliphatic carbocycles. The lowest BCUT2D eigenvalue weighted by atomic mass is 10.2. The van der Waals surface area contributed by atoms with Crippen LogP contribution in [0.1, 0.15) is 25.3 Å². The van der Waals surface area contributed by atoms with Gasteiger partial charge in [-0.1, -0.05) is 17.7 Å². The highest BCUT2D eigenvalue weighted by Gasteiger charge is 2.23. The van der Waals surface area contributed by atoms with Crippen LogP contribution in [0.25, 0.3) is 0 Å². The van der Waals surface area contributed by atoms with Crippen molar-refractivity contribution in [1.82, 2.24) is 0 Å². The Hall–Kier alpha value is -0.670. The number of hydrogen-bond donors (Lipinski definition) is 0. The van der Waals surface area contributed by atoms with E-state index in [4.69, 9.17) is 4.74 Å². The van der Waals surface area contributed by atoms with Crippen molar-refractivity contribution in [2.75, 3.05) is 5.75 Å². The molecule has 0 N–H and O–H groups in total. The minimum atomic E-state index is -0.921. The van der Waals surface area contributed by atoms with Crippen molar-refractivity contribution in [2.24, 2.45) is 0 Å². The molecule has 3 heteroatoms. The van der Waals surface area contributed by atoms with Gasteiger partial charge >= 0.3 is 0 Å². The van der Waals surface area contributed by atoms with Gasteiger partial charge in [0.1, 0.15) is 0 Å². The summed E-state index contributed by atoms with van der Waals surface area (Å²) in [4.78, 5) is 0.911. The van der Waals surface area contributed by atoms with Gasteiger partial charge in [0.25, 0.3) is 0 Å². The first kappa shape index (κ1) is 11.8. The average Bonchev–Trinajstić information content (AvgIpc) is 2.65. The molecule has 0 bridgehead atoms. The number of hydrogen-bond acceptors (Lipinski definition) is 2. The molecule has 0 saturated carbocycles. The summed E-state index contributed by atoms with van der Waals surface area (Å²) in [6.45, 7) is 4.11. The standard InChI is InChI=1S/C13H18O2S/c1-10-3-7-13(8-4-10)16(14)9-12-6-5-11(2)15-12/h3-4,7-8,11-12H,5-6,9H2,1-2H3/t11-,12-,16-/m1/s1. The van der Waals surface area contributed by atoms with Crippen LogP contribution in [0.5, 0.6) is 0 Å². The van der Waals surface area contributed by atoms with E-state index >= 15 is 0 Å². The molecule has 0 spiro atoms. The molecule has 3 atom stereocenters. The van der Waals surface area contributed by atoms with Gasteiger partial charge in [-0.3, -0.25) is 4.21 Å². The Bertz CT molecular complexity index is 372. The predicted molar refractivity (Wildman–Crippen MR) is 66.0 cm³/mol. The fourth-order valence-corrected chi connectivity index (χ4v) is 3.18. The summed E-state index contributed by atoms with van der Waals surface area (Å²) in [7, 11) is -0.921. The summed E-state index contributed by atoms with van der Waals surface area (Å²) in [6.07, 6.45) is 2.64. The summed E-state index contributed by atoms with van der Waals surface area (Å²) in [5.41, 5.74) is 1.20. The number of benzene rings is 1. The molecule has 0 amide bonds. The largest absolute Gasteiger partial charge is 0.374 e. The van der Waals surface area contributed by atoms with Gasteiger partial charge in [0.15, 0.2) is 0 Å². The Labute approximate surface area is 99.5 Å². The zero-order valence-corrected chi connectivity index (χ0v) is 10.6. The van der Waals surface area contributed by atoms with Crippen molar-refractivity contribution >= 4 is 10.8 Å². The molecule has 2 rings (SSSR count). The molecule has 0 aromatic heterocycles. The summed E-state index contributed by atoms with van der Waals surface area (Å²) in [6, 6.07) is 7.91. The zero-order valence-electron chi connectivity index (χ0n) is 9.81. The fourth-order valence-electron chi connectivity index (χ4n) is 1.96. The molecule has 1 fully saturated rings. The van der Waals surface area contributed by atoms with Crippen LogP contribution in [0.3, 0.4) is 0 Å². The maximum atomic E-state index is 12.0. The third-order valence-corrected chi connectivity index (χ3v) is 4.41. The maximum absolute atomic E-state index is 12.0. The normalized spacial score (nSPS) is 26.9. The van der Waals surface area contributed by atoms with Gasteiger partial charge < -0.3 is 4.74 Å². The molecule has 1 aromatic rings. The second-order valence-electron chi connectivity index (χ2n) is 4.47. The van der Waals surface area contributed by atoms with Crippen LogP contribution in [0.15, 0.2) is 29.2 Å². The second kappa shape index (κ2) is 5.11. The highest BCUT2D eigenvalue weighted by atomic mass is 32.2. The lowest BCUT2D eigenvalue weighted by molar-refractivity contribution is 0.0695. The molecule has 1 aliphatic heterocycles. The average molecular weight is 238 g/mol. The van der Waals surface area contributed by atoms with Crippen LogP contribution in [0, 0.1) is 6.92 Å². The predicted octanol–water partition coefficient (Wildman–Crippen LogP) is 2.67. The van der Waals surface area contributed by atoms with E-state index in [1.165, 1.54) is 5.56 Å². The molecule has 1 saturated heterocycles. The minimum absolute atomic E-state index is 0.178. The SMILES string of the molecule is Cc1ccc([S@](=O)C[C@H]2CC[C@@H](C)O2)cc1. The Morgan fingerprint density at radius 1 is 1.31 bits per heavy atom. The summed E-state index contributed by atoms with van der Waals surface area (Å²) in [5.74, 6) is 0.632. The van der Waals surface area contributed by atoms with Crippen LogP contribution in [-0.2, 0) is 15.5 Å². The summed E-state index contributed by atoms with van der Waals surface area (Å²) in [5, 5.41) is 0. The smallest absolute Gasteiger partial charge is 0.0698 e. The number of aryl methyl sites for hydroxylation is 1. The van der Waals surface area contributed by atoms with E-state index in [1.54, 1.807) is 0 Å². The van der Waals surface area contributed by atoms with Crippen LogP contribution in [0.2, 0.25) is 0 Å². The number of rotatable bonds is 3. The zero-order chi connectivity index (χ0) is 11.5. The van der Waals surface area contributed by atoms with E-state index in [2.05, 4.69) is 6.92 Å². The Balaban J connectivity index is 1.95. The monoisotopic (exact) mass is 238 g/mol. The summed E-state index contributed by atoms with van der Waals surface area (Å²) >= 11 is 0. The molecule has 0 unspecified atom stereocenters. The van der Waals surface area contributed by atoms with E-state index < -0.39 is 10.8 Å². The van der Waals surface area contributed by atoms with Gasteiger partial charge in [-0.2, -0.15) is 0 Å². The van der Waals surface area contributed by atoms with E-state index in [1.807, 2.05) is 31.2 Å². The van der Waals surface area contributed by atoms with Gasteiger partial charge in [0, 0.05) is 4.90 Å². The van der Waals surface area contributed by atoms with Crippen LogP contribution in [0.4, 0.5) is 0 Å². The van der Waals surface area contributed by atoms with E-state index in [0.717, 1.165) is 17.7 Å². The number of ether oxygens (including phenoxy) is 1. The first-order valence-corrected chi connectivity index (χ1v) is 7.07. The van der Waals surface area contributed by atoms with Crippen molar-refractivity contribution in [3.8, 4) is 0 Å². The van der Waals surface area contributed by atoms with Crippen molar-refractivity contribution in [3.63, 3.8) is 0 Å². The Morgan fingerprint density at radius 2 is 2.00 bits per heavy atom. The molecule has 88 valence electrons. The molecule has 1 aliphatic rings. The van der Waals surface area contributed by atoms with Gasteiger partial charge in [-0.15, -0.1) is 0 Å².